The molecule has 1 heterocycles. The zero-order valence-electron chi connectivity index (χ0n) is 14.0. The van der Waals surface area contributed by atoms with Crippen LogP contribution in [-0.2, 0) is 6.42 Å². The Bertz CT molecular complexity index is 847. The molecule has 3 aromatic rings. The average Bonchev–Trinajstić information content (AvgIpc) is 2.63. The fraction of sp³-hybridized carbons (Fsp3) is 0.100. The molecule has 0 bridgehead atoms. The summed E-state index contributed by atoms with van der Waals surface area (Å²) >= 11 is 1.68. The number of hydrogen-bond acceptors (Lipinski definition) is 3. The van der Waals surface area contributed by atoms with Gasteiger partial charge in [-0.25, -0.2) is 4.98 Å². The highest BCUT2D eigenvalue weighted by molar-refractivity contribution is 7.98. The first-order chi connectivity index (χ1) is 12.2. The summed E-state index contributed by atoms with van der Waals surface area (Å²) in [6.07, 6.45) is 2.78. The number of nitrogens with one attached hydrogen (secondary N) is 1. The van der Waals surface area contributed by atoms with E-state index in [2.05, 4.69) is 12.1 Å². The highest BCUT2D eigenvalue weighted by Gasteiger charge is 2.14. The number of hydrogen-bond donors (Lipinski definition) is 2. The van der Waals surface area contributed by atoms with Crippen LogP contribution in [0.4, 0.5) is 11.5 Å². The predicted molar refractivity (Wildman–Crippen MR) is 106 cm³/mol. The van der Waals surface area contributed by atoms with Crippen LogP contribution in [0.5, 0.6) is 0 Å². The van der Waals surface area contributed by atoms with Crippen LogP contribution in [0.1, 0.15) is 11.3 Å². The molecule has 0 aliphatic heterocycles. The molecule has 126 valence electrons. The number of nitrogens with zero attached hydrogens (tertiary/aromatic N) is 2. The van der Waals surface area contributed by atoms with Crippen molar-refractivity contribution < 1.29 is 0 Å². The number of benzene rings is 2. The summed E-state index contributed by atoms with van der Waals surface area (Å²) in [6.45, 7) is 0. The predicted octanol–water partition coefficient (Wildman–Crippen LogP) is 4.43. The monoisotopic (exact) mass is 348 g/mol. The number of pyridine rings is 1. The molecule has 0 fully saturated rings. The number of anilines is 2. The zero-order valence-corrected chi connectivity index (χ0v) is 14.8. The minimum atomic E-state index is -0.0544. The molecule has 0 spiro atoms. The third-order valence-electron chi connectivity index (χ3n) is 3.82. The maximum atomic E-state index is 7.98. The standard InChI is InChI=1S/C20H20N4S/c1-25-18-12-10-17(11-13-18)24(20(21)22)19-9-5-8-16(23-19)14-15-6-3-2-4-7-15/h2-13H,14H2,1H3,(H3,21,22). The van der Waals surface area contributed by atoms with Crippen LogP contribution in [-0.4, -0.2) is 17.2 Å². The molecule has 25 heavy (non-hydrogen) atoms. The van der Waals surface area contributed by atoms with Gasteiger partial charge in [0.2, 0.25) is 0 Å². The van der Waals surface area contributed by atoms with Crippen LogP contribution in [0, 0.1) is 5.41 Å². The second-order valence-corrected chi connectivity index (χ2v) is 6.45. The minimum absolute atomic E-state index is 0.0544. The summed E-state index contributed by atoms with van der Waals surface area (Å²) in [5.74, 6) is 0.596. The van der Waals surface area contributed by atoms with E-state index in [1.165, 1.54) is 5.56 Å². The number of rotatable bonds is 5. The molecular weight excluding hydrogens is 328 g/mol. The van der Waals surface area contributed by atoms with Crippen LogP contribution in [0.15, 0.2) is 77.7 Å². The summed E-state index contributed by atoms with van der Waals surface area (Å²) in [7, 11) is 0. The van der Waals surface area contributed by atoms with E-state index in [1.54, 1.807) is 16.7 Å². The average molecular weight is 348 g/mol. The van der Waals surface area contributed by atoms with Crippen LogP contribution in [0.2, 0.25) is 0 Å². The summed E-state index contributed by atoms with van der Waals surface area (Å²) in [5.41, 5.74) is 8.81. The smallest absolute Gasteiger partial charge is 0.198 e. The Balaban J connectivity index is 1.91. The molecule has 0 amide bonds. The van der Waals surface area contributed by atoms with Crippen LogP contribution >= 0.6 is 11.8 Å². The Kier molecular flexibility index (Phi) is 5.36. The molecule has 5 heteroatoms. The number of guanidine groups is 1. The van der Waals surface area contributed by atoms with Gasteiger partial charge in [-0.3, -0.25) is 10.3 Å². The number of nitrogens with two attached hydrogens (primary N) is 1. The third kappa shape index (κ3) is 4.19. The molecule has 3 N–H and O–H groups in total. The first-order valence-corrected chi connectivity index (χ1v) is 9.18. The molecule has 1 aromatic heterocycles. The van der Waals surface area contributed by atoms with Gasteiger partial charge >= 0.3 is 0 Å². The third-order valence-corrected chi connectivity index (χ3v) is 4.56. The lowest BCUT2D eigenvalue weighted by atomic mass is 10.1. The molecule has 0 saturated carbocycles. The maximum Gasteiger partial charge on any atom is 0.198 e. The van der Waals surface area contributed by atoms with Crippen LogP contribution in [0.25, 0.3) is 0 Å². The molecule has 0 saturated heterocycles. The number of aromatic nitrogens is 1. The van der Waals surface area contributed by atoms with E-state index < -0.39 is 0 Å². The van der Waals surface area contributed by atoms with Gasteiger partial charge in [0.25, 0.3) is 0 Å². The molecule has 0 radical (unpaired) electrons. The van der Waals surface area contributed by atoms with Gasteiger partial charge in [-0.05, 0) is 48.2 Å². The first-order valence-electron chi connectivity index (χ1n) is 7.95. The van der Waals surface area contributed by atoms with E-state index in [4.69, 9.17) is 16.1 Å². The normalized spacial score (nSPS) is 10.4. The fourth-order valence-electron chi connectivity index (χ4n) is 2.62. The Morgan fingerprint density at radius 3 is 2.36 bits per heavy atom. The van der Waals surface area contributed by atoms with Crippen molar-refractivity contribution in [2.75, 3.05) is 11.2 Å². The van der Waals surface area contributed by atoms with Crippen molar-refractivity contribution >= 4 is 29.2 Å². The van der Waals surface area contributed by atoms with E-state index in [9.17, 15) is 0 Å². The first kappa shape index (κ1) is 17.0. The van der Waals surface area contributed by atoms with Crippen molar-refractivity contribution in [3.05, 3.63) is 84.1 Å². The molecule has 4 nitrogen and oxygen atoms in total. The SMILES string of the molecule is CSc1ccc(N(C(=N)N)c2cccc(Cc3ccccc3)n2)cc1. The molecule has 0 atom stereocenters. The van der Waals surface area contributed by atoms with Crippen molar-refractivity contribution in [1.29, 1.82) is 5.41 Å². The van der Waals surface area contributed by atoms with E-state index >= 15 is 0 Å². The zero-order chi connectivity index (χ0) is 17.6. The fourth-order valence-corrected chi connectivity index (χ4v) is 3.03. The summed E-state index contributed by atoms with van der Waals surface area (Å²) < 4.78 is 0. The van der Waals surface area contributed by atoms with Gasteiger partial charge in [0.05, 0.1) is 5.69 Å². The van der Waals surface area contributed by atoms with E-state index in [1.807, 2.05) is 66.9 Å². The maximum absolute atomic E-state index is 7.98. The molecule has 0 unspecified atom stereocenters. The molecule has 3 rings (SSSR count). The van der Waals surface area contributed by atoms with Gasteiger partial charge in [0.1, 0.15) is 5.82 Å². The summed E-state index contributed by atoms with van der Waals surface area (Å²) in [6, 6.07) is 24.0. The molecular formula is C20H20N4S. The Labute approximate surface area is 152 Å². The van der Waals surface area contributed by atoms with Crippen LogP contribution in [0.3, 0.4) is 0 Å². The van der Waals surface area contributed by atoms with Gasteiger partial charge in [0, 0.05) is 17.0 Å². The topological polar surface area (TPSA) is 66.0 Å². The van der Waals surface area contributed by atoms with E-state index in [0.29, 0.717) is 5.82 Å². The van der Waals surface area contributed by atoms with Gasteiger partial charge in [-0.2, -0.15) is 0 Å². The lowest BCUT2D eigenvalue weighted by Crippen LogP contribution is -2.33. The second-order valence-electron chi connectivity index (χ2n) is 5.57. The van der Waals surface area contributed by atoms with Crippen LogP contribution < -0.4 is 10.6 Å². The van der Waals surface area contributed by atoms with E-state index in [-0.39, 0.29) is 5.96 Å². The Hall–Kier alpha value is -2.79. The van der Waals surface area contributed by atoms with Crippen molar-refractivity contribution in [2.45, 2.75) is 11.3 Å². The van der Waals surface area contributed by atoms with Gasteiger partial charge in [0.15, 0.2) is 5.96 Å². The van der Waals surface area contributed by atoms with Gasteiger partial charge in [-0.1, -0.05) is 36.4 Å². The van der Waals surface area contributed by atoms with Crippen molar-refractivity contribution in [3.63, 3.8) is 0 Å². The van der Waals surface area contributed by atoms with Gasteiger partial charge in [-0.15, -0.1) is 11.8 Å². The lowest BCUT2D eigenvalue weighted by Gasteiger charge is -2.22. The summed E-state index contributed by atoms with van der Waals surface area (Å²) in [5, 5.41) is 7.98. The Morgan fingerprint density at radius 2 is 1.72 bits per heavy atom. The minimum Gasteiger partial charge on any atom is -0.369 e. The Morgan fingerprint density at radius 1 is 1.00 bits per heavy atom. The highest BCUT2D eigenvalue weighted by Crippen LogP contribution is 2.26. The summed E-state index contributed by atoms with van der Waals surface area (Å²) in [4.78, 5) is 7.52. The largest absolute Gasteiger partial charge is 0.369 e. The second kappa shape index (κ2) is 7.85. The molecule has 2 aromatic carbocycles. The highest BCUT2D eigenvalue weighted by atomic mass is 32.2. The van der Waals surface area contributed by atoms with Crippen molar-refractivity contribution in [1.82, 2.24) is 4.98 Å². The quantitative estimate of drug-likeness (QED) is 0.407. The molecule has 0 aliphatic rings. The van der Waals surface area contributed by atoms with Gasteiger partial charge < -0.3 is 5.73 Å². The lowest BCUT2D eigenvalue weighted by molar-refractivity contribution is 1.05. The van der Waals surface area contributed by atoms with Crippen molar-refractivity contribution in [3.8, 4) is 0 Å². The molecule has 0 aliphatic carbocycles. The van der Waals surface area contributed by atoms with Crippen molar-refractivity contribution in [2.24, 2.45) is 5.73 Å². The number of thioether (sulfide) groups is 1. The van der Waals surface area contributed by atoms with E-state index in [0.717, 1.165) is 22.7 Å².